The number of carbonyl (C=O) groups is 1. The molecule has 9 nitrogen and oxygen atoms in total. The maximum Gasteiger partial charge on any atom is 0.415 e. The van der Waals surface area contributed by atoms with Crippen LogP contribution in [0.1, 0.15) is 51.2 Å². The topological polar surface area (TPSA) is 117 Å². The summed E-state index contributed by atoms with van der Waals surface area (Å²) >= 11 is 0. The van der Waals surface area contributed by atoms with E-state index in [0.29, 0.717) is 42.3 Å². The molecule has 1 saturated heterocycles. The molecule has 3 aromatic rings. The van der Waals surface area contributed by atoms with Crippen LogP contribution in [0.5, 0.6) is 17.2 Å². The first-order valence-corrected chi connectivity index (χ1v) is 14.8. The summed E-state index contributed by atoms with van der Waals surface area (Å²) in [5.74, 6) is 0.716. The lowest BCUT2D eigenvalue weighted by atomic mass is 9.86. The van der Waals surface area contributed by atoms with Crippen molar-refractivity contribution in [3.8, 4) is 17.2 Å². The minimum atomic E-state index is -3.95. The van der Waals surface area contributed by atoms with Crippen LogP contribution in [0.3, 0.4) is 0 Å². The Kier molecular flexibility index (Phi) is 8.78. The Morgan fingerprint density at radius 3 is 2.35 bits per heavy atom. The smallest absolute Gasteiger partial charge is 0.415 e. The molecule has 3 N–H and O–H groups in total. The quantitative estimate of drug-likeness (QED) is 0.301. The van der Waals surface area contributed by atoms with E-state index in [9.17, 15) is 18.3 Å². The predicted octanol–water partition coefficient (Wildman–Crippen LogP) is 6.10. The standard InChI is InChI=1S/C30H37N3O6S/c1-30(2,3)25-16-13-23(39-29(35)33-17-6-5-7-18-33)19-26(25)32-40(36,37)24-14-11-22(12-15-24)31-20-21-9-8-10-27(38-4)28(21)34/h8-16,19,31-32,34H,5-7,17-18,20H2,1-4H3. The molecule has 0 spiro atoms. The number of hydrogen-bond donors (Lipinski definition) is 3. The summed E-state index contributed by atoms with van der Waals surface area (Å²) in [5, 5.41) is 13.5. The van der Waals surface area contributed by atoms with Gasteiger partial charge < -0.3 is 24.8 Å². The molecule has 0 aromatic heterocycles. The Morgan fingerprint density at radius 2 is 1.70 bits per heavy atom. The van der Waals surface area contributed by atoms with Gasteiger partial charge in [-0.1, -0.05) is 39.0 Å². The molecule has 214 valence electrons. The summed E-state index contributed by atoms with van der Waals surface area (Å²) in [7, 11) is -2.46. The Labute approximate surface area is 236 Å². The summed E-state index contributed by atoms with van der Waals surface area (Å²) in [6, 6.07) is 16.6. The highest BCUT2D eigenvalue weighted by atomic mass is 32.2. The van der Waals surface area contributed by atoms with Crippen LogP contribution in [0.15, 0.2) is 65.6 Å². The number of likely N-dealkylation sites (tertiary alicyclic amines) is 1. The maximum atomic E-state index is 13.4. The molecule has 1 amide bonds. The monoisotopic (exact) mass is 567 g/mol. The Bertz CT molecular complexity index is 1440. The molecule has 1 heterocycles. The molecule has 0 saturated carbocycles. The van der Waals surface area contributed by atoms with Gasteiger partial charge in [0.25, 0.3) is 10.0 Å². The van der Waals surface area contributed by atoms with E-state index in [-0.39, 0.29) is 21.8 Å². The molecule has 10 heteroatoms. The van der Waals surface area contributed by atoms with E-state index < -0.39 is 16.1 Å². The first kappa shape index (κ1) is 29.1. The van der Waals surface area contributed by atoms with E-state index in [1.165, 1.54) is 19.2 Å². The van der Waals surface area contributed by atoms with Crippen LogP contribution >= 0.6 is 0 Å². The van der Waals surface area contributed by atoms with Crippen molar-refractivity contribution in [3.05, 3.63) is 71.8 Å². The van der Waals surface area contributed by atoms with Crippen LogP contribution in [0.25, 0.3) is 0 Å². The second kappa shape index (κ2) is 12.1. The van der Waals surface area contributed by atoms with Gasteiger partial charge in [0.15, 0.2) is 11.5 Å². The van der Waals surface area contributed by atoms with E-state index in [1.807, 2.05) is 20.8 Å². The van der Waals surface area contributed by atoms with E-state index in [2.05, 4.69) is 10.0 Å². The number of phenols is 1. The van der Waals surface area contributed by atoms with Crippen molar-refractivity contribution < 1.29 is 27.8 Å². The zero-order valence-electron chi connectivity index (χ0n) is 23.4. The van der Waals surface area contributed by atoms with Gasteiger partial charge in [0.1, 0.15) is 5.75 Å². The lowest BCUT2D eigenvalue weighted by molar-refractivity contribution is 0.142. The fraction of sp³-hybridized carbons (Fsp3) is 0.367. The highest BCUT2D eigenvalue weighted by Gasteiger charge is 2.24. The molecular weight excluding hydrogens is 530 g/mol. The molecule has 0 atom stereocenters. The molecule has 40 heavy (non-hydrogen) atoms. The number of nitrogens with zero attached hydrogens (tertiary/aromatic N) is 1. The minimum absolute atomic E-state index is 0.0550. The summed E-state index contributed by atoms with van der Waals surface area (Å²) in [6.07, 6.45) is 2.56. The van der Waals surface area contributed by atoms with Gasteiger partial charge in [-0.15, -0.1) is 0 Å². The van der Waals surface area contributed by atoms with E-state index in [1.54, 1.807) is 53.4 Å². The first-order chi connectivity index (χ1) is 19.0. The number of anilines is 2. The van der Waals surface area contributed by atoms with Crippen LogP contribution in [0, 0.1) is 0 Å². The Balaban J connectivity index is 1.50. The first-order valence-electron chi connectivity index (χ1n) is 13.3. The third kappa shape index (κ3) is 6.98. The molecule has 0 aliphatic carbocycles. The Morgan fingerprint density at radius 1 is 1.00 bits per heavy atom. The summed E-state index contributed by atoms with van der Waals surface area (Å²) in [6.45, 7) is 7.60. The van der Waals surface area contributed by atoms with Crippen molar-refractivity contribution in [1.29, 1.82) is 0 Å². The van der Waals surface area contributed by atoms with Crippen LogP contribution in [0.2, 0.25) is 0 Å². The zero-order chi connectivity index (χ0) is 28.9. The maximum absolute atomic E-state index is 13.4. The molecule has 3 aromatic carbocycles. The number of methoxy groups -OCH3 is 1. The number of aromatic hydroxyl groups is 1. The van der Waals surface area contributed by atoms with Gasteiger partial charge in [-0.05, 0) is 66.6 Å². The molecule has 1 aliphatic heterocycles. The van der Waals surface area contributed by atoms with Crippen LogP contribution in [-0.4, -0.2) is 44.7 Å². The lowest BCUT2D eigenvalue weighted by Crippen LogP contribution is -2.37. The number of ether oxygens (including phenoxy) is 2. The minimum Gasteiger partial charge on any atom is -0.504 e. The van der Waals surface area contributed by atoms with Gasteiger partial charge >= 0.3 is 6.09 Å². The highest BCUT2D eigenvalue weighted by Crippen LogP contribution is 2.35. The summed E-state index contributed by atoms with van der Waals surface area (Å²) < 4.78 is 40.2. The van der Waals surface area contributed by atoms with Crippen molar-refractivity contribution in [1.82, 2.24) is 4.90 Å². The fourth-order valence-corrected chi connectivity index (χ4v) is 5.67. The number of amides is 1. The number of benzene rings is 3. The third-order valence-electron chi connectivity index (χ3n) is 6.81. The average Bonchev–Trinajstić information content (AvgIpc) is 2.92. The second-order valence-electron chi connectivity index (χ2n) is 10.8. The van der Waals surface area contributed by atoms with Crippen molar-refractivity contribution in [2.45, 2.75) is 56.9 Å². The number of piperidine rings is 1. The van der Waals surface area contributed by atoms with Crippen LogP contribution in [0.4, 0.5) is 16.2 Å². The zero-order valence-corrected chi connectivity index (χ0v) is 24.2. The van der Waals surface area contributed by atoms with Crippen molar-refractivity contribution in [3.63, 3.8) is 0 Å². The van der Waals surface area contributed by atoms with Crippen molar-refractivity contribution in [2.75, 3.05) is 30.2 Å². The SMILES string of the molecule is COc1cccc(CNc2ccc(S(=O)(=O)Nc3cc(OC(=O)N4CCCCC4)ccc3C(C)(C)C)cc2)c1O. The number of sulfonamides is 1. The normalized spacial score (nSPS) is 13.9. The molecular formula is C30H37N3O6S. The van der Waals surface area contributed by atoms with E-state index in [4.69, 9.17) is 9.47 Å². The number of nitrogens with one attached hydrogen (secondary N) is 2. The van der Waals surface area contributed by atoms with E-state index in [0.717, 1.165) is 24.8 Å². The van der Waals surface area contributed by atoms with Crippen LogP contribution < -0.4 is 19.5 Å². The predicted molar refractivity (Wildman–Crippen MR) is 156 cm³/mol. The Hall–Kier alpha value is -3.92. The number of rotatable bonds is 8. The van der Waals surface area contributed by atoms with Gasteiger partial charge in [-0.2, -0.15) is 0 Å². The molecule has 0 unspecified atom stereocenters. The third-order valence-corrected chi connectivity index (χ3v) is 8.19. The van der Waals surface area contributed by atoms with Crippen LogP contribution in [-0.2, 0) is 22.0 Å². The average molecular weight is 568 g/mol. The lowest BCUT2D eigenvalue weighted by Gasteiger charge is -2.27. The molecule has 1 aliphatic rings. The highest BCUT2D eigenvalue weighted by molar-refractivity contribution is 7.92. The largest absolute Gasteiger partial charge is 0.504 e. The number of para-hydroxylation sites is 1. The van der Waals surface area contributed by atoms with Gasteiger partial charge in [0, 0.05) is 37.0 Å². The summed E-state index contributed by atoms with van der Waals surface area (Å²) in [5.41, 5.74) is 2.08. The number of carbonyl (C=O) groups excluding carboxylic acids is 1. The van der Waals surface area contributed by atoms with E-state index >= 15 is 0 Å². The van der Waals surface area contributed by atoms with Gasteiger partial charge in [-0.3, -0.25) is 4.72 Å². The fourth-order valence-electron chi connectivity index (χ4n) is 4.60. The van der Waals surface area contributed by atoms with Gasteiger partial charge in [0.2, 0.25) is 0 Å². The molecule has 0 bridgehead atoms. The second-order valence-corrected chi connectivity index (χ2v) is 12.5. The van der Waals surface area contributed by atoms with Crippen molar-refractivity contribution in [2.24, 2.45) is 0 Å². The van der Waals surface area contributed by atoms with Gasteiger partial charge in [0.05, 0.1) is 17.7 Å². The summed E-state index contributed by atoms with van der Waals surface area (Å²) in [4.78, 5) is 14.4. The molecule has 4 rings (SSSR count). The number of phenolic OH excluding ortho intramolecular Hbond substituents is 1. The molecule has 1 fully saturated rings. The molecule has 0 radical (unpaired) electrons. The number of hydrogen-bond acceptors (Lipinski definition) is 7. The van der Waals surface area contributed by atoms with Gasteiger partial charge in [-0.25, -0.2) is 13.2 Å². The van der Waals surface area contributed by atoms with Crippen molar-refractivity contribution >= 4 is 27.5 Å².